The van der Waals surface area contributed by atoms with Gasteiger partial charge < -0.3 is 4.85 Å². The van der Waals surface area contributed by atoms with Crippen LogP contribution in [0.25, 0.3) is 4.85 Å². The molecular weight excluding hydrogens is 242 g/mol. The van der Waals surface area contributed by atoms with Gasteiger partial charge in [0.1, 0.15) is 0 Å². The van der Waals surface area contributed by atoms with Crippen LogP contribution in [0.15, 0.2) is 36.0 Å². The summed E-state index contributed by atoms with van der Waals surface area (Å²) >= 11 is 0. The molecule has 0 aliphatic heterocycles. The normalized spacial score (nSPS) is 22.7. The van der Waals surface area contributed by atoms with E-state index in [1.165, 1.54) is 18.4 Å². The molecule has 2 atom stereocenters. The minimum atomic E-state index is -0.176. The molecule has 0 N–H and O–H groups in total. The van der Waals surface area contributed by atoms with Gasteiger partial charge in [-0.05, 0) is 52.4 Å². The zero-order chi connectivity index (χ0) is 14.8. The summed E-state index contributed by atoms with van der Waals surface area (Å²) in [5.74, 6) is 0.542. The van der Waals surface area contributed by atoms with Gasteiger partial charge in [0.15, 0.2) is 0 Å². The molecule has 0 aromatic heterocycles. The van der Waals surface area contributed by atoms with E-state index in [1.807, 2.05) is 0 Å². The topological polar surface area (TPSA) is 4.36 Å². The molecule has 0 amide bonds. The number of rotatable bonds is 7. The van der Waals surface area contributed by atoms with Crippen molar-refractivity contribution in [2.75, 3.05) is 0 Å². The third-order valence-electron chi connectivity index (χ3n) is 4.49. The van der Waals surface area contributed by atoms with Crippen LogP contribution in [0.1, 0.15) is 65.7 Å². The van der Waals surface area contributed by atoms with Crippen molar-refractivity contribution in [2.45, 2.75) is 71.3 Å². The maximum atomic E-state index is 7.59. The Morgan fingerprint density at radius 1 is 1.30 bits per heavy atom. The number of hydrogen-bond acceptors (Lipinski definition) is 0. The van der Waals surface area contributed by atoms with Gasteiger partial charge in [0.05, 0.1) is 0 Å². The molecule has 0 fully saturated rings. The summed E-state index contributed by atoms with van der Waals surface area (Å²) < 4.78 is 0. The molecule has 20 heavy (non-hydrogen) atoms. The number of hydrogen-bond donors (Lipinski definition) is 0. The fraction of sp³-hybridized carbons (Fsp3) is 0.632. The van der Waals surface area contributed by atoms with Crippen molar-refractivity contribution in [1.82, 2.24) is 0 Å². The van der Waals surface area contributed by atoms with Crippen LogP contribution >= 0.6 is 0 Å². The number of allylic oxidation sites excluding steroid dienone is 6. The molecule has 2 unspecified atom stereocenters. The molecule has 1 rings (SSSR count). The molecule has 1 heteroatoms. The van der Waals surface area contributed by atoms with Gasteiger partial charge in [-0.3, -0.25) is 0 Å². The predicted octanol–water partition coefficient (Wildman–Crippen LogP) is 6.10. The second-order valence-corrected chi connectivity index (χ2v) is 6.15. The van der Waals surface area contributed by atoms with Gasteiger partial charge in [-0.25, -0.2) is 6.57 Å². The molecule has 0 bridgehead atoms. The molecule has 110 valence electrons. The highest BCUT2D eigenvalue weighted by atomic mass is 14.8. The van der Waals surface area contributed by atoms with E-state index in [9.17, 15) is 0 Å². The minimum Gasteiger partial charge on any atom is -0.310 e. The summed E-state index contributed by atoms with van der Waals surface area (Å²) in [6.45, 7) is 14.0. The van der Waals surface area contributed by atoms with Crippen molar-refractivity contribution in [2.24, 2.45) is 5.92 Å². The van der Waals surface area contributed by atoms with Crippen molar-refractivity contribution in [3.63, 3.8) is 0 Å². The SMILES string of the molecule is [C-]#[N+]C(C)(CC/C=C/CC/C=C/C)C1CC=C(C)CC1. The van der Waals surface area contributed by atoms with Gasteiger partial charge in [-0.1, -0.05) is 36.0 Å². The Hall–Kier alpha value is -1.29. The molecule has 1 nitrogen and oxygen atoms in total. The second kappa shape index (κ2) is 8.80. The van der Waals surface area contributed by atoms with E-state index in [4.69, 9.17) is 6.57 Å². The first kappa shape index (κ1) is 16.8. The summed E-state index contributed by atoms with van der Waals surface area (Å²) in [4.78, 5) is 3.99. The van der Waals surface area contributed by atoms with E-state index in [0.717, 1.165) is 32.1 Å². The fourth-order valence-electron chi connectivity index (χ4n) is 2.85. The zero-order valence-corrected chi connectivity index (χ0v) is 13.4. The van der Waals surface area contributed by atoms with Crippen LogP contribution in [-0.4, -0.2) is 5.54 Å². The van der Waals surface area contributed by atoms with Gasteiger partial charge in [0, 0.05) is 19.3 Å². The molecular formula is C19H29N. The Balaban J connectivity index is 2.40. The molecule has 0 saturated carbocycles. The van der Waals surface area contributed by atoms with Crippen LogP contribution in [0.5, 0.6) is 0 Å². The lowest BCUT2D eigenvalue weighted by atomic mass is 9.74. The second-order valence-electron chi connectivity index (χ2n) is 6.15. The van der Waals surface area contributed by atoms with Gasteiger partial charge >= 0.3 is 0 Å². The van der Waals surface area contributed by atoms with E-state index < -0.39 is 0 Å². The van der Waals surface area contributed by atoms with Gasteiger partial charge in [-0.15, -0.1) is 0 Å². The molecule has 0 saturated heterocycles. The monoisotopic (exact) mass is 271 g/mol. The largest absolute Gasteiger partial charge is 0.310 e. The highest BCUT2D eigenvalue weighted by Gasteiger charge is 2.39. The fourth-order valence-corrected chi connectivity index (χ4v) is 2.85. The third-order valence-corrected chi connectivity index (χ3v) is 4.49. The Labute approximate surface area is 125 Å². The lowest BCUT2D eigenvalue weighted by molar-refractivity contribution is 0.301. The van der Waals surface area contributed by atoms with Crippen LogP contribution in [-0.2, 0) is 0 Å². The summed E-state index contributed by atoms with van der Waals surface area (Å²) in [6, 6.07) is 0. The average molecular weight is 271 g/mol. The van der Waals surface area contributed by atoms with Crippen molar-refractivity contribution < 1.29 is 0 Å². The van der Waals surface area contributed by atoms with Crippen molar-refractivity contribution in [1.29, 1.82) is 0 Å². The van der Waals surface area contributed by atoms with Crippen molar-refractivity contribution >= 4 is 0 Å². The first-order valence-corrected chi connectivity index (χ1v) is 7.93. The molecule has 0 aromatic rings. The van der Waals surface area contributed by atoms with Gasteiger partial charge in [0.2, 0.25) is 5.54 Å². The van der Waals surface area contributed by atoms with Crippen LogP contribution < -0.4 is 0 Å². The lowest BCUT2D eigenvalue weighted by Crippen LogP contribution is -2.32. The Morgan fingerprint density at radius 3 is 2.60 bits per heavy atom. The highest BCUT2D eigenvalue weighted by molar-refractivity contribution is 5.10. The summed E-state index contributed by atoms with van der Waals surface area (Å²) in [5, 5.41) is 0. The predicted molar refractivity (Wildman–Crippen MR) is 88.5 cm³/mol. The summed E-state index contributed by atoms with van der Waals surface area (Å²) in [5.41, 5.74) is 1.32. The van der Waals surface area contributed by atoms with E-state index in [1.54, 1.807) is 0 Å². The zero-order valence-electron chi connectivity index (χ0n) is 13.4. The van der Waals surface area contributed by atoms with Gasteiger partial charge in [-0.2, -0.15) is 0 Å². The van der Waals surface area contributed by atoms with Gasteiger partial charge in [0.25, 0.3) is 0 Å². The Morgan fingerprint density at radius 2 is 2.00 bits per heavy atom. The van der Waals surface area contributed by atoms with Crippen molar-refractivity contribution in [3.8, 4) is 0 Å². The number of nitrogens with zero attached hydrogens (tertiary/aromatic N) is 1. The average Bonchev–Trinajstić information content (AvgIpc) is 2.46. The molecule has 1 aliphatic carbocycles. The molecule has 1 aliphatic rings. The Kier molecular flexibility index (Phi) is 7.37. The van der Waals surface area contributed by atoms with Crippen molar-refractivity contribution in [3.05, 3.63) is 47.4 Å². The first-order chi connectivity index (χ1) is 9.62. The standard InChI is InChI=1S/C19H29N/c1-5-6-7-8-9-10-11-16-19(3,20-4)18-14-12-17(2)13-15-18/h5-6,9-10,12,18H,7-8,11,13-16H2,1-3H3/b6-5+,10-9+. The highest BCUT2D eigenvalue weighted by Crippen LogP contribution is 2.37. The van der Waals surface area contributed by atoms with Crippen LogP contribution in [0, 0.1) is 12.5 Å². The molecule has 0 aromatic carbocycles. The van der Waals surface area contributed by atoms with Crippen LogP contribution in [0.2, 0.25) is 0 Å². The lowest BCUT2D eigenvalue weighted by Gasteiger charge is -2.29. The summed E-state index contributed by atoms with van der Waals surface area (Å²) in [7, 11) is 0. The van der Waals surface area contributed by atoms with E-state index >= 15 is 0 Å². The van der Waals surface area contributed by atoms with E-state index in [2.05, 4.69) is 56.0 Å². The van der Waals surface area contributed by atoms with E-state index in [0.29, 0.717) is 5.92 Å². The van der Waals surface area contributed by atoms with E-state index in [-0.39, 0.29) is 5.54 Å². The minimum absolute atomic E-state index is 0.176. The molecule has 0 spiro atoms. The molecule has 0 radical (unpaired) electrons. The maximum absolute atomic E-state index is 7.59. The maximum Gasteiger partial charge on any atom is 0.233 e. The third kappa shape index (κ3) is 5.37. The first-order valence-electron chi connectivity index (χ1n) is 7.93. The van der Waals surface area contributed by atoms with Crippen LogP contribution in [0.3, 0.4) is 0 Å². The molecule has 0 heterocycles. The quantitative estimate of drug-likeness (QED) is 0.299. The Bertz CT molecular complexity index is 408. The number of unbranched alkanes of at least 4 members (excludes halogenated alkanes) is 1. The van der Waals surface area contributed by atoms with Crippen LogP contribution in [0.4, 0.5) is 0 Å². The summed E-state index contributed by atoms with van der Waals surface area (Å²) in [6.07, 6.45) is 18.9. The smallest absolute Gasteiger partial charge is 0.233 e.